The molecular weight excluding hydrogens is 320 g/mol. The van der Waals surface area contributed by atoms with Crippen molar-refractivity contribution in [3.63, 3.8) is 0 Å². The molecular formula is C17H18N6O2. The van der Waals surface area contributed by atoms with Gasteiger partial charge in [-0.15, -0.1) is 0 Å². The zero-order chi connectivity index (χ0) is 17.2. The van der Waals surface area contributed by atoms with E-state index in [1.807, 2.05) is 12.1 Å². The Labute approximate surface area is 144 Å². The van der Waals surface area contributed by atoms with Gasteiger partial charge in [-0.2, -0.15) is 10.4 Å². The second kappa shape index (κ2) is 6.53. The average Bonchev–Trinajstić information content (AvgIpc) is 3.29. The standard InChI is InChI=1S/C17H18N6O2/c18-9-11-1-3-13(4-2-11)23-16(14-10-19-17(24)20-14)21-15(22-23)12-5-7-25-8-6-12/h1-4,12,14H,5-8,10H2,(H2,19,20,24)/t14-/m1/s1. The van der Waals surface area contributed by atoms with Gasteiger partial charge >= 0.3 is 6.03 Å². The van der Waals surface area contributed by atoms with Crippen LogP contribution in [-0.4, -0.2) is 40.6 Å². The van der Waals surface area contributed by atoms with Crippen LogP contribution in [0.2, 0.25) is 0 Å². The second-order valence-electron chi connectivity index (χ2n) is 6.19. The summed E-state index contributed by atoms with van der Waals surface area (Å²) in [5.74, 6) is 1.74. The first kappa shape index (κ1) is 15.6. The molecule has 1 aromatic carbocycles. The van der Waals surface area contributed by atoms with Crippen molar-refractivity contribution in [1.82, 2.24) is 25.4 Å². The number of carbonyl (C=O) groups is 1. The Kier molecular flexibility index (Phi) is 4.07. The summed E-state index contributed by atoms with van der Waals surface area (Å²) in [6, 6.07) is 8.86. The van der Waals surface area contributed by atoms with Crippen molar-refractivity contribution in [2.45, 2.75) is 24.8 Å². The van der Waals surface area contributed by atoms with Gasteiger partial charge in [0.05, 0.1) is 17.3 Å². The molecule has 25 heavy (non-hydrogen) atoms. The molecule has 0 bridgehead atoms. The molecule has 0 unspecified atom stereocenters. The fourth-order valence-electron chi connectivity index (χ4n) is 3.17. The summed E-state index contributed by atoms with van der Waals surface area (Å²) in [5.41, 5.74) is 1.41. The van der Waals surface area contributed by atoms with Gasteiger partial charge in [0, 0.05) is 25.7 Å². The largest absolute Gasteiger partial charge is 0.381 e. The van der Waals surface area contributed by atoms with E-state index in [4.69, 9.17) is 20.1 Å². The number of nitrogens with one attached hydrogen (secondary N) is 2. The Hall–Kier alpha value is -2.92. The quantitative estimate of drug-likeness (QED) is 0.880. The van der Waals surface area contributed by atoms with Gasteiger partial charge in [0.15, 0.2) is 11.6 Å². The topological polar surface area (TPSA) is 105 Å². The number of hydrogen-bond donors (Lipinski definition) is 2. The molecule has 4 rings (SSSR count). The van der Waals surface area contributed by atoms with Crippen molar-refractivity contribution in [3.05, 3.63) is 41.5 Å². The van der Waals surface area contributed by atoms with E-state index >= 15 is 0 Å². The summed E-state index contributed by atoms with van der Waals surface area (Å²) < 4.78 is 7.19. The minimum Gasteiger partial charge on any atom is -0.381 e. The van der Waals surface area contributed by atoms with Crippen LogP contribution in [0.15, 0.2) is 24.3 Å². The molecule has 2 saturated heterocycles. The van der Waals surface area contributed by atoms with Crippen LogP contribution >= 0.6 is 0 Å². The molecule has 8 heteroatoms. The molecule has 3 heterocycles. The molecule has 2 aliphatic heterocycles. The molecule has 0 aliphatic carbocycles. The third-order valence-electron chi connectivity index (χ3n) is 4.56. The first-order chi connectivity index (χ1) is 12.2. The highest BCUT2D eigenvalue weighted by Gasteiger charge is 2.30. The van der Waals surface area contributed by atoms with Gasteiger partial charge in [0.25, 0.3) is 0 Å². The first-order valence-electron chi connectivity index (χ1n) is 8.34. The van der Waals surface area contributed by atoms with Crippen LogP contribution in [0.4, 0.5) is 4.79 Å². The Bertz CT molecular complexity index is 817. The highest BCUT2D eigenvalue weighted by molar-refractivity contribution is 5.76. The van der Waals surface area contributed by atoms with Crippen LogP contribution in [-0.2, 0) is 4.74 Å². The number of carbonyl (C=O) groups excluding carboxylic acids is 1. The highest BCUT2D eigenvalue weighted by atomic mass is 16.5. The molecule has 2 N–H and O–H groups in total. The van der Waals surface area contributed by atoms with Crippen molar-refractivity contribution < 1.29 is 9.53 Å². The maximum absolute atomic E-state index is 11.5. The maximum atomic E-state index is 11.5. The summed E-state index contributed by atoms with van der Waals surface area (Å²) in [4.78, 5) is 16.3. The number of nitrogens with zero attached hydrogens (tertiary/aromatic N) is 4. The molecule has 1 atom stereocenters. The van der Waals surface area contributed by atoms with Crippen LogP contribution in [0.25, 0.3) is 5.69 Å². The van der Waals surface area contributed by atoms with Crippen LogP contribution in [0.1, 0.15) is 42.0 Å². The van der Waals surface area contributed by atoms with E-state index in [1.54, 1.807) is 16.8 Å². The van der Waals surface area contributed by atoms with Crippen molar-refractivity contribution in [2.75, 3.05) is 19.8 Å². The fraction of sp³-hybridized carbons (Fsp3) is 0.412. The van der Waals surface area contributed by atoms with Gasteiger partial charge in [-0.3, -0.25) is 0 Å². The summed E-state index contributed by atoms with van der Waals surface area (Å²) in [7, 11) is 0. The highest BCUT2D eigenvalue weighted by Crippen LogP contribution is 2.27. The monoisotopic (exact) mass is 338 g/mol. The van der Waals surface area contributed by atoms with Crippen LogP contribution in [0, 0.1) is 11.3 Å². The molecule has 2 fully saturated rings. The Morgan fingerprint density at radius 1 is 1.24 bits per heavy atom. The second-order valence-corrected chi connectivity index (χ2v) is 6.19. The van der Waals surface area contributed by atoms with Crippen molar-refractivity contribution in [2.24, 2.45) is 0 Å². The number of rotatable bonds is 3. The predicted molar refractivity (Wildman–Crippen MR) is 88.1 cm³/mol. The molecule has 0 radical (unpaired) electrons. The molecule has 0 saturated carbocycles. The number of nitriles is 1. The lowest BCUT2D eigenvalue weighted by Gasteiger charge is -2.18. The van der Waals surface area contributed by atoms with E-state index in [0.29, 0.717) is 31.1 Å². The Morgan fingerprint density at radius 3 is 2.64 bits per heavy atom. The normalized spacial score (nSPS) is 20.8. The summed E-state index contributed by atoms with van der Waals surface area (Å²) in [6.45, 7) is 1.90. The molecule has 1 aromatic heterocycles. The zero-order valence-electron chi connectivity index (χ0n) is 13.6. The molecule has 2 aliphatic rings. The van der Waals surface area contributed by atoms with E-state index in [2.05, 4.69) is 16.7 Å². The zero-order valence-corrected chi connectivity index (χ0v) is 13.6. The smallest absolute Gasteiger partial charge is 0.315 e. The summed E-state index contributed by atoms with van der Waals surface area (Å²) in [5, 5.41) is 19.3. The third kappa shape index (κ3) is 3.06. The lowest BCUT2D eigenvalue weighted by molar-refractivity contribution is 0.0836. The van der Waals surface area contributed by atoms with Gasteiger partial charge in [0.1, 0.15) is 6.04 Å². The first-order valence-corrected chi connectivity index (χ1v) is 8.34. The van der Waals surface area contributed by atoms with Gasteiger partial charge in [-0.25, -0.2) is 14.5 Å². The summed E-state index contributed by atoms with van der Waals surface area (Å²) in [6.07, 6.45) is 1.79. The SMILES string of the molecule is N#Cc1ccc(-n2nc(C3CCOCC3)nc2[C@H]2CNC(=O)N2)cc1. The molecule has 8 nitrogen and oxygen atoms in total. The minimum absolute atomic E-state index is 0.202. The molecule has 128 valence electrons. The van der Waals surface area contributed by atoms with Crippen molar-refractivity contribution >= 4 is 6.03 Å². The Morgan fingerprint density at radius 2 is 2.00 bits per heavy atom. The molecule has 0 spiro atoms. The van der Waals surface area contributed by atoms with Crippen molar-refractivity contribution in [3.8, 4) is 11.8 Å². The average molecular weight is 338 g/mol. The number of aromatic nitrogens is 3. The molecule has 2 amide bonds. The number of hydrogen-bond acceptors (Lipinski definition) is 5. The maximum Gasteiger partial charge on any atom is 0.315 e. The van der Waals surface area contributed by atoms with Crippen LogP contribution in [0.5, 0.6) is 0 Å². The van der Waals surface area contributed by atoms with Crippen molar-refractivity contribution in [1.29, 1.82) is 5.26 Å². The lowest BCUT2D eigenvalue weighted by atomic mass is 10.00. The minimum atomic E-state index is -0.232. The van der Waals surface area contributed by atoms with Gasteiger partial charge in [-0.05, 0) is 37.1 Å². The number of amides is 2. The van der Waals surface area contributed by atoms with Gasteiger partial charge in [-0.1, -0.05) is 0 Å². The Balaban J connectivity index is 1.72. The van der Waals surface area contributed by atoms with E-state index in [1.165, 1.54) is 0 Å². The van der Waals surface area contributed by atoms with Gasteiger partial charge in [0.2, 0.25) is 0 Å². The number of ether oxygens (including phenoxy) is 1. The predicted octanol–water partition coefficient (Wildman–Crippen LogP) is 1.39. The molecule has 2 aromatic rings. The number of urea groups is 1. The van der Waals surface area contributed by atoms with Crippen LogP contribution < -0.4 is 10.6 Å². The van der Waals surface area contributed by atoms with Gasteiger partial charge < -0.3 is 15.4 Å². The fourth-order valence-corrected chi connectivity index (χ4v) is 3.17. The van der Waals surface area contributed by atoms with E-state index in [9.17, 15) is 4.79 Å². The lowest BCUT2D eigenvalue weighted by Crippen LogP contribution is -2.23. The number of benzene rings is 1. The van der Waals surface area contributed by atoms with Crippen LogP contribution in [0.3, 0.4) is 0 Å². The van der Waals surface area contributed by atoms with E-state index in [-0.39, 0.29) is 18.0 Å². The van der Waals surface area contributed by atoms with E-state index in [0.717, 1.165) is 24.4 Å². The third-order valence-corrected chi connectivity index (χ3v) is 4.56. The summed E-state index contributed by atoms with van der Waals surface area (Å²) >= 11 is 0. The van der Waals surface area contributed by atoms with E-state index < -0.39 is 0 Å².